The Bertz CT molecular complexity index is 1370. The van der Waals surface area contributed by atoms with Gasteiger partial charge in [0.05, 0.1) is 0 Å². The molecule has 0 aliphatic carbocycles. The molecular weight excluding hydrogens is 817 g/mol. The zero-order valence-electron chi connectivity index (χ0n) is 42.7. The van der Waals surface area contributed by atoms with Crippen LogP contribution in [0.1, 0.15) is 233 Å². The Hall–Kier alpha value is -3.93. The summed E-state index contributed by atoms with van der Waals surface area (Å²) in [5, 5.41) is 0. The standard InChI is InChI=1S/C60H98O6/c1-4-7-10-13-16-19-22-25-28-30-32-35-38-41-44-47-50-53-59(62)65-56-57(55-64-58(61)52-49-46-43-40-37-34-27-24-21-18-15-12-9-6-3)66-60(63)54-51-48-45-42-39-36-33-31-29-26-23-20-17-14-11-8-5-2/h7,10,16-17,19-20,24-29,32-33,35-36,41,44,57H,4-6,8-9,11-15,18,21-23,30-31,34,37-40,42-43,45-56H2,1-3H3/b10-7+,19-16+,20-17+,27-24+,28-25+,29-26+,35-32+,36-33+,44-41+/t57-/m1/s1. The molecule has 66 heavy (non-hydrogen) atoms. The van der Waals surface area contributed by atoms with E-state index in [1.165, 1.54) is 70.6 Å². The molecule has 0 aromatic rings. The van der Waals surface area contributed by atoms with Gasteiger partial charge in [-0.15, -0.1) is 0 Å². The van der Waals surface area contributed by atoms with Crippen LogP contribution in [-0.4, -0.2) is 37.2 Å². The van der Waals surface area contributed by atoms with E-state index < -0.39 is 6.10 Å². The van der Waals surface area contributed by atoms with E-state index in [2.05, 4.69) is 130 Å². The van der Waals surface area contributed by atoms with Gasteiger partial charge in [0.2, 0.25) is 0 Å². The van der Waals surface area contributed by atoms with Crippen molar-refractivity contribution in [2.75, 3.05) is 13.2 Å². The molecule has 0 aliphatic rings. The minimum atomic E-state index is -0.818. The van der Waals surface area contributed by atoms with Crippen molar-refractivity contribution in [3.05, 3.63) is 109 Å². The fraction of sp³-hybridized carbons (Fsp3) is 0.650. The quantitative estimate of drug-likeness (QED) is 0.0262. The summed E-state index contributed by atoms with van der Waals surface area (Å²) in [6.45, 7) is 6.40. The minimum Gasteiger partial charge on any atom is -0.462 e. The molecular formula is C60H98O6. The van der Waals surface area contributed by atoms with Gasteiger partial charge in [-0.25, -0.2) is 0 Å². The average molecular weight is 915 g/mol. The van der Waals surface area contributed by atoms with Crippen LogP contribution in [0.2, 0.25) is 0 Å². The van der Waals surface area contributed by atoms with Crippen molar-refractivity contribution >= 4 is 17.9 Å². The van der Waals surface area contributed by atoms with Gasteiger partial charge >= 0.3 is 17.9 Å². The third kappa shape index (κ3) is 51.1. The number of hydrogen-bond donors (Lipinski definition) is 0. The molecule has 0 saturated carbocycles. The highest BCUT2D eigenvalue weighted by Gasteiger charge is 2.19. The molecule has 0 aromatic heterocycles. The first-order valence-corrected chi connectivity index (χ1v) is 26.9. The molecule has 374 valence electrons. The van der Waals surface area contributed by atoms with Crippen LogP contribution in [0.3, 0.4) is 0 Å². The van der Waals surface area contributed by atoms with Crippen LogP contribution in [0, 0.1) is 0 Å². The highest BCUT2D eigenvalue weighted by Crippen LogP contribution is 2.12. The summed E-state index contributed by atoms with van der Waals surface area (Å²) >= 11 is 0. The number of allylic oxidation sites excluding steroid dienone is 18. The maximum absolute atomic E-state index is 12.8. The van der Waals surface area contributed by atoms with Crippen LogP contribution in [0.25, 0.3) is 0 Å². The normalized spacial score (nSPS) is 13.0. The molecule has 0 unspecified atom stereocenters. The Morgan fingerprint density at radius 2 is 0.606 bits per heavy atom. The van der Waals surface area contributed by atoms with Crippen LogP contribution in [0.4, 0.5) is 0 Å². The monoisotopic (exact) mass is 915 g/mol. The van der Waals surface area contributed by atoms with Crippen molar-refractivity contribution in [1.29, 1.82) is 0 Å². The summed E-state index contributed by atoms with van der Waals surface area (Å²) in [7, 11) is 0. The highest BCUT2D eigenvalue weighted by atomic mass is 16.6. The van der Waals surface area contributed by atoms with E-state index in [1.807, 2.05) is 0 Å². The summed E-state index contributed by atoms with van der Waals surface area (Å²) < 4.78 is 16.7. The third-order valence-corrected chi connectivity index (χ3v) is 11.0. The zero-order chi connectivity index (χ0) is 47.9. The summed E-state index contributed by atoms with van der Waals surface area (Å²) in [4.78, 5) is 38.0. The average Bonchev–Trinajstić information content (AvgIpc) is 3.31. The lowest BCUT2D eigenvalue weighted by molar-refractivity contribution is -0.167. The lowest BCUT2D eigenvalue weighted by Crippen LogP contribution is -2.30. The lowest BCUT2D eigenvalue weighted by atomic mass is 10.1. The van der Waals surface area contributed by atoms with Crippen LogP contribution < -0.4 is 0 Å². The predicted molar refractivity (Wildman–Crippen MR) is 283 cm³/mol. The fourth-order valence-corrected chi connectivity index (χ4v) is 6.95. The van der Waals surface area contributed by atoms with E-state index in [0.717, 1.165) is 116 Å². The van der Waals surface area contributed by atoms with Crippen molar-refractivity contribution in [3.8, 4) is 0 Å². The molecule has 0 N–H and O–H groups in total. The molecule has 0 aliphatic heterocycles. The van der Waals surface area contributed by atoms with Crippen molar-refractivity contribution in [2.45, 2.75) is 239 Å². The first-order valence-electron chi connectivity index (χ1n) is 26.9. The van der Waals surface area contributed by atoms with E-state index in [9.17, 15) is 14.4 Å². The second-order valence-electron chi connectivity index (χ2n) is 17.4. The van der Waals surface area contributed by atoms with Gasteiger partial charge in [0.1, 0.15) is 13.2 Å². The Kier molecular flexibility index (Phi) is 50.5. The highest BCUT2D eigenvalue weighted by molar-refractivity contribution is 5.71. The maximum atomic E-state index is 12.8. The van der Waals surface area contributed by atoms with Crippen LogP contribution >= 0.6 is 0 Å². The second kappa shape index (κ2) is 53.7. The van der Waals surface area contributed by atoms with Gasteiger partial charge in [0.15, 0.2) is 6.10 Å². The number of esters is 3. The summed E-state index contributed by atoms with van der Waals surface area (Å²) in [6, 6.07) is 0. The van der Waals surface area contributed by atoms with E-state index in [-0.39, 0.29) is 44.0 Å². The topological polar surface area (TPSA) is 78.9 Å². The number of carbonyl (C=O) groups excluding carboxylic acids is 3. The number of hydrogen-bond acceptors (Lipinski definition) is 6. The van der Waals surface area contributed by atoms with Crippen molar-refractivity contribution in [1.82, 2.24) is 0 Å². The zero-order valence-corrected chi connectivity index (χ0v) is 42.7. The lowest BCUT2D eigenvalue weighted by Gasteiger charge is -2.18. The Morgan fingerprint density at radius 1 is 0.318 bits per heavy atom. The van der Waals surface area contributed by atoms with E-state index in [0.29, 0.717) is 12.8 Å². The molecule has 0 fully saturated rings. The van der Waals surface area contributed by atoms with Crippen molar-refractivity contribution < 1.29 is 28.6 Å². The SMILES string of the molecule is CC/C=C/C/C=C/C/C=C/C/C=C/C/C=C/CCCC(=O)OC[C@@H](COC(=O)CCCCCCC/C=C/CCCCCCC)OC(=O)CCCCCC/C=C/C/C=C/C/C=C/CCCCC. The molecule has 6 nitrogen and oxygen atoms in total. The van der Waals surface area contributed by atoms with E-state index >= 15 is 0 Å². The molecule has 0 amide bonds. The molecule has 1 atom stereocenters. The number of rotatable bonds is 47. The van der Waals surface area contributed by atoms with Gasteiger partial charge in [0, 0.05) is 19.3 Å². The first kappa shape index (κ1) is 62.1. The molecule has 0 rings (SSSR count). The molecule has 0 heterocycles. The number of carbonyl (C=O) groups is 3. The molecule has 6 heteroatoms. The largest absolute Gasteiger partial charge is 0.462 e. The summed E-state index contributed by atoms with van der Waals surface area (Å²) in [6.07, 6.45) is 72.2. The maximum Gasteiger partial charge on any atom is 0.306 e. The fourth-order valence-electron chi connectivity index (χ4n) is 6.95. The van der Waals surface area contributed by atoms with Gasteiger partial charge in [-0.1, -0.05) is 201 Å². The third-order valence-electron chi connectivity index (χ3n) is 11.0. The van der Waals surface area contributed by atoms with Gasteiger partial charge in [-0.2, -0.15) is 0 Å². The molecule has 0 saturated heterocycles. The van der Waals surface area contributed by atoms with Gasteiger partial charge in [-0.05, 0) is 122 Å². The molecule has 0 spiro atoms. The number of ether oxygens (including phenoxy) is 3. The smallest absolute Gasteiger partial charge is 0.306 e. The van der Waals surface area contributed by atoms with Crippen molar-refractivity contribution in [2.24, 2.45) is 0 Å². The Labute approximate surface area is 406 Å². The molecule has 0 bridgehead atoms. The molecule has 0 aromatic carbocycles. The van der Waals surface area contributed by atoms with Crippen LogP contribution in [-0.2, 0) is 28.6 Å². The second-order valence-corrected chi connectivity index (χ2v) is 17.4. The van der Waals surface area contributed by atoms with Crippen molar-refractivity contribution in [3.63, 3.8) is 0 Å². The van der Waals surface area contributed by atoms with E-state index in [1.54, 1.807) is 0 Å². The predicted octanol–water partition coefficient (Wildman–Crippen LogP) is 17.9. The number of unbranched alkanes of at least 4 members (excludes halogenated alkanes) is 18. The van der Waals surface area contributed by atoms with Gasteiger partial charge < -0.3 is 14.2 Å². The van der Waals surface area contributed by atoms with E-state index in [4.69, 9.17) is 14.2 Å². The summed E-state index contributed by atoms with van der Waals surface area (Å²) in [5.41, 5.74) is 0. The van der Waals surface area contributed by atoms with Crippen LogP contribution in [0.5, 0.6) is 0 Å². The Balaban J connectivity index is 4.55. The summed E-state index contributed by atoms with van der Waals surface area (Å²) in [5.74, 6) is -1.01. The molecule has 0 radical (unpaired) electrons. The Morgan fingerprint density at radius 3 is 1.03 bits per heavy atom. The van der Waals surface area contributed by atoms with Gasteiger partial charge in [0.25, 0.3) is 0 Å². The minimum absolute atomic E-state index is 0.111. The van der Waals surface area contributed by atoms with Gasteiger partial charge in [-0.3, -0.25) is 14.4 Å². The first-order chi connectivity index (χ1) is 32.5. The van der Waals surface area contributed by atoms with Crippen LogP contribution in [0.15, 0.2) is 109 Å².